The number of carbonyl (C=O) groups is 1. The molecule has 0 heterocycles. The molecule has 7 nitrogen and oxygen atoms in total. The molecule has 196 valence electrons. The Balaban J connectivity index is 4.95. The molecule has 0 rings (SSSR count). The second kappa shape index (κ2) is 12.0. The van der Waals surface area contributed by atoms with Gasteiger partial charge in [0.15, 0.2) is 16.6 Å². The third kappa shape index (κ3) is 16.6. The lowest BCUT2D eigenvalue weighted by atomic mass is 10.4. The summed E-state index contributed by atoms with van der Waals surface area (Å²) in [7, 11) is -13.4. The molecular formula is C20H50O7Si6. The highest BCUT2D eigenvalue weighted by Gasteiger charge is 2.46. The van der Waals surface area contributed by atoms with Crippen LogP contribution in [0, 0.1) is 0 Å². The highest BCUT2D eigenvalue weighted by atomic mass is 28.5. The summed E-state index contributed by atoms with van der Waals surface area (Å²) in [5.41, 5.74) is 0.422. The standard InChI is InChI=1S/C20H50O7Si6/c1-19(2)20(21)22-17-16-18-29(6,7)24-31(10,11)26-33(14,15)27-32(12,13)25-30(8,9)23-28(3,4)5/h1,16-18H2,2-15H3. The molecule has 0 bridgehead atoms. The van der Waals surface area contributed by atoms with Crippen LogP contribution in [0.15, 0.2) is 12.2 Å². The number of rotatable bonds is 15. The van der Waals surface area contributed by atoms with Crippen LogP contribution in [-0.2, 0) is 30.1 Å². The van der Waals surface area contributed by atoms with E-state index in [9.17, 15) is 4.79 Å². The lowest BCUT2D eigenvalue weighted by molar-refractivity contribution is -0.138. The Hall–Kier alpha value is 0.311. The highest BCUT2D eigenvalue weighted by Crippen LogP contribution is 2.28. The largest absolute Gasteiger partial charge is 0.462 e. The first-order chi connectivity index (χ1) is 14.4. The van der Waals surface area contributed by atoms with Gasteiger partial charge < -0.3 is 25.3 Å². The molecule has 33 heavy (non-hydrogen) atoms. The molecule has 0 aromatic heterocycles. The van der Waals surface area contributed by atoms with E-state index in [1.807, 2.05) is 0 Å². The Morgan fingerprint density at radius 3 is 1.36 bits per heavy atom. The van der Waals surface area contributed by atoms with E-state index in [0.717, 1.165) is 12.5 Å². The van der Waals surface area contributed by atoms with Crippen molar-refractivity contribution >= 4 is 56.8 Å². The first-order valence-corrected chi connectivity index (χ1v) is 29.5. The van der Waals surface area contributed by atoms with Gasteiger partial charge in [0.2, 0.25) is 0 Å². The molecule has 0 saturated heterocycles. The van der Waals surface area contributed by atoms with E-state index in [1.54, 1.807) is 6.92 Å². The lowest BCUT2D eigenvalue weighted by Crippen LogP contribution is -2.59. The SMILES string of the molecule is C=C(C)C(=O)OCCC[Si](C)(C)O[Si](C)(C)O[Si](C)(C)O[Si](C)(C)O[Si](C)(C)O[Si](C)(C)C. The minimum atomic E-state index is -2.50. The van der Waals surface area contributed by atoms with E-state index >= 15 is 0 Å². The minimum Gasteiger partial charge on any atom is -0.462 e. The van der Waals surface area contributed by atoms with Crippen LogP contribution in [0.3, 0.4) is 0 Å². The molecule has 0 fully saturated rings. The van der Waals surface area contributed by atoms with Crippen LogP contribution in [0.2, 0.25) is 91.2 Å². The van der Waals surface area contributed by atoms with Crippen LogP contribution in [0.25, 0.3) is 0 Å². The van der Waals surface area contributed by atoms with Crippen molar-refractivity contribution in [1.82, 2.24) is 0 Å². The highest BCUT2D eigenvalue weighted by molar-refractivity contribution is 6.91. The van der Waals surface area contributed by atoms with Crippen LogP contribution >= 0.6 is 0 Å². The average molecular weight is 571 g/mol. The molecule has 0 radical (unpaired) electrons. The summed E-state index contributed by atoms with van der Waals surface area (Å²) in [5, 5.41) is 0. The van der Waals surface area contributed by atoms with Gasteiger partial charge in [-0.05, 0) is 104 Å². The fourth-order valence-electron chi connectivity index (χ4n) is 4.10. The first-order valence-electron chi connectivity index (χ1n) is 11.7. The molecule has 0 amide bonds. The van der Waals surface area contributed by atoms with Gasteiger partial charge in [-0.3, -0.25) is 0 Å². The maximum absolute atomic E-state index is 11.5. The number of ether oxygens (including phenoxy) is 1. The molecule has 0 spiro atoms. The van der Waals surface area contributed by atoms with Crippen molar-refractivity contribution in [1.29, 1.82) is 0 Å². The van der Waals surface area contributed by atoms with Crippen LogP contribution in [0.4, 0.5) is 0 Å². The average Bonchev–Trinajstić information content (AvgIpc) is 2.42. The Morgan fingerprint density at radius 1 is 0.636 bits per heavy atom. The smallest absolute Gasteiger partial charge is 0.333 e. The van der Waals surface area contributed by atoms with Gasteiger partial charge in [0.1, 0.15) is 0 Å². The summed E-state index contributed by atoms with van der Waals surface area (Å²) in [6.07, 6.45) is 0.768. The van der Waals surface area contributed by atoms with Gasteiger partial charge in [0, 0.05) is 5.57 Å². The van der Waals surface area contributed by atoms with E-state index in [1.165, 1.54) is 0 Å². The lowest BCUT2D eigenvalue weighted by Gasteiger charge is -2.43. The quantitative estimate of drug-likeness (QED) is 0.0972. The van der Waals surface area contributed by atoms with Crippen molar-refractivity contribution in [3.8, 4) is 0 Å². The van der Waals surface area contributed by atoms with E-state index < -0.39 is 50.9 Å². The van der Waals surface area contributed by atoms with Crippen molar-refractivity contribution in [3.63, 3.8) is 0 Å². The van der Waals surface area contributed by atoms with Crippen molar-refractivity contribution in [2.45, 2.75) is 104 Å². The van der Waals surface area contributed by atoms with Gasteiger partial charge in [-0.25, -0.2) is 4.79 Å². The number of hydrogen-bond acceptors (Lipinski definition) is 7. The Kier molecular flexibility index (Phi) is 12.1. The number of esters is 1. The molecule has 0 aliphatic carbocycles. The Bertz CT molecular complexity index is 672. The fourth-order valence-corrected chi connectivity index (χ4v) is 33.1. The van der Waals surface area contributed by atoms with Gasteiger partial charge in [0.25, 0.3) is 0 Å². The Labute approximate surface area is 209 Å². The first kappa shape index (κ1) is 33.3. The van der Waals surface area contributed by atoms with E-state index in [0.29, 0.717) is 12.2 Å². The van der Waals surface area contributed by atoms with E-state index in [4.69, 9.17) is 25.3 Å². The van der Waals surface area contributed by atoms with Gasteiger partial charge in [-0.2, -0.15) is 0 Å². The third-order valence-corrected chi connectivity index (χ3v) is 26.0. The summed E-state index contributed by atoms with van der Waals surface area (Å²) in [6, 6.07) is 0.885. The van der Waals surface area contributed by atoms with Crippen molar-refractivity contribution < 1.29 is 30.1 Å². The fraction of sp³-hybridized carbons (Fsp3) is 0.850. The maximum Gasteiger partial charge on any atom is 0.333 e. The maximum atomic E-state index is 11.5. The molecule has 0 unspecified atom stereocenters. The third-order valence-electron chi connectivity index (χ3n) is 4.05. The molecule has 0 N–H and O–H groups in total. The number of hydrogen-bond donors (Lipinski definition) is 0. The van der Waals surface area contributed by atoms with E-state index in [2.05, 4.69) is 91.7 Å². The van der Waals surface area contributed by atoms with E-state index in [-0.39, 0.29) is 5.97 Å². The van der Waals surface area contributed by atoms with Crippen LogP contribution < -0.4 is 0 Å². The molecule has 0 atom stereocenters. The molecule has 0 aliphatic heterocycles. The van der Waals surface area contributed by atoms with Crippen LogP contribution in [-0.4, -0.2) is 63.5 Å². The van der Waals surface area contributed by atoms with Gasteiger partial charge in [-0.15, -0.1) is 0 Å². The topological polar surface area (TPSA) is 72.5 Å². The zero-order valence-electron chi connectivity index (χ0n) is 23.7. The van der Waals surface area contributed by atoms with Crippen molar-refractivity contribution in [3.05, 3.63) is 12.2 Å². The molecule has 0 aliphatic rings. The van der Waals surface area contributed by atoms with Crippen molar-refractivity contribution in [2.24, 2.45) is 0 Å². The number of carbonyl (C=O) groups excluding carboxylic acids is 1. The van der Waals surface area contributed by atoms with Crippen molar-refractivity contribution in [2.75, 3.05) is 6.61 Å². The summed E-state index contributed by atoms with van der Waals surface area (Å²) < 4.78 is 37.9. The second-order valence-electron chi connectivity index (χ2n) is 12.0. The summed E-state index contributed by atoms with van der Waals surface area (Å²) >= 11 is 0. The van der Waals surface area contributed by atoms with Crippen LogP contribution in [0.5, 0.6) is 0 Å². The summed E-state index contributed by atoms with van der Waals surface area (Å²) in [5.74, 6) is -0.339. The summed E-state index contributed by atoms with van der Waals surface area (Å²) in [6.45, 7) is 33.2. The second-order valence-corrected chi connectivity index (χ2v) is 35.5. The van der Waals surface area contributed by atoms with Gasteiger partial charge in [0.05, 0.1) is 6.61 Å². The molecule has 0 saturated carbocycles. The van der Waals surface area contributed by atoms with Gasteiger partial charge in [-0.1, -0.05) is 6.58 Å². The predicted molar refractivity (Wildman–Crippen MR) is 151 cm³/mol. The molecule has 0 aromatic carbocycles. The zero-order valence-corrected chi connectivity index (χ0v) is 29.7. The minimum absolute atomic E-state index is 0.339. The van der Waals surface area contributed by atoms with Crippen LogP contribution in [0.1, 0.15) is 13.3 Å². The normalized spacial score (nSPS) is 14.4. The molecular weight excluding hydrogens is 521 g/mol. The Morgan fingerprint density at radius 2 is 1.00 bits per heavy atom. The predicted octanol–water partition coefficient (Wildman–Crippen LogP) is 6.43. The zero-order chi connectivity index (χ0) is 26.5. The van der Waals surface area contributed by atoms with Gasteiger partial charge >= 0.3 is 40.2 Å². The summed E-state index contributed by atoms with van der Waals surface area (Å²) in [4.78, 5) is 11.5. The molecule has 13 heteroatoms. The molecule has 0 aromatic rings. The monoisotopic (exact) mass is 570 g/mol.